The molecule has 0 spiro atoms. The van der Waals surface area contributed by atoms with E-state index in [0.717, 1.165) is 0 Å². The van der Waals surface area contributed by atoms with E-state index in [1.807, 2.05) is 0 Å². The quantitative estimate of drug-likeness (QED) is 0.819. The highest BCUT2D eigenvalue weighted by molar-refractivity contribution is 5.96. The Labute approximate surface area is 139 Å². The highest BCUT2D eigenvalue weighted by Gasteiger charge is 2.18. The molecule has 1 unspecified atom stereocenters. The van der Waals surface area contributed by atoms with Crippen molar-refractivity contribution < 1.29 is 23.5 Å². The van der Waals surface area contributed by atoms with Crippen molar-refractivity contribution in [2.45, 2.75) is 26.9 Å². The van der Waals surface area contributed by atoms with Gasteiger partial charge in [-0.15, -0.1) is 0 Å². The lowest BCUT2D eigenvalue weighted by Gasteiger charge is -2.15. The molecular weight excluding hydrogens is 312 g/mol. The monoisotopic (exact) mass is 332 g/mol. The standard InChI is InChI=1S/C17H20N2O5/c1-10-9-15(11(2)23-10)17(21)19-18-16(20)12(3)24-14-7-5-13(22-4)6-8-14/h5-9,12H,1-4H3,(H,18,20)(H,19,21). The zero-order chi connectivity index (χ0) is 17.7. The smallest absolute Gasteiger partial charge is 0.279 e. The summed E-state index contributed by atoms with van der Waals surface area (Å²) in [6.45, 7) is 5.01. The molecule has 0 saturated carbocycles. The largest absolute Gasteiger partial charge is 0.497 e. The molecule has 1 aromatic heterocycles. The van der Waals surface area contributed by atoms with Gasteiger partial charge in [0.25, 0.3) is 11.8 Å². The summed E-state index contributed by atoms with van der Waals surface area (Å²) in [6, 6.07) is 8.45. The van der Waals surface area contributed by atoms with Gasteiger partial charge in [-0.05, 0) is 51.1 Å². The van der Waals surface area contributed by atoms with Crippen LogP contribution >= 0.6 is 0 Å². The molecule has 2 amide bonds. The first-order valence-electron chi connectivity index (χ1n) is 7.38. The van der Waals surface area contributed by atoms with Gasteiger partial charge in [0, 0.05) is 0 Å². The number of carbonyl (C=O) groups excluding carboxylic acids is 2. The maximum atomic E-state index is 12.0. The van der Waals surface area contributed by atoms with Gasteiger partial charge in [0.1, 0.15) is 23.0 Å². The van der Waals surface area contributed by atoms with Crippen molar-refractivity contribution in [1.29, 1.82) is 0 Å². The SMILES string of the molecule is COc1ccc(OC(C)C(=O)NNC(=O)c2cc(C)oc2C)cc1. The second-order valence-electron chi connectivity index (χ2n) is 5.21. The minimum absolute atomic E-state index is 0.372. The molecule has 7 heteroatoms. The minimum Gasteiger partial charge on any atom is -0.497 e. The third-order valence-corrected chi connectivity index (χ3v) is 3.33. The summed E-state index contributed by atoms with van der Waals surface area (Å²) in [5.74, 6) is 1.40. The molecule has 0 bridgehead atoms. The summed E-state index contributed by atoms with van der Waals surface area (Å²) in [7, 11) is 1.57. The number of hydrogen-bond acceptors (Lipinski definition) is 5. The van der Waals surface area contributed by atoms with Gasteiger partial charge in [-0.3, -0.25) is 20.4 Å². The average molecular weight is 332 g/mol. The van der Waals surface area contributed by atoms with Gasteiger partial charge in [-0.1, -0.05) is 0 Å². The van der Waals surface area contributed by atoms with Crippen LogP contribution in [0.2, 0.25) is 0 Å². The predicted molar refractivity (Wildman–Crippen MR) is 86.9 cm³/mol. The first-order chi connectivity index (χ1) is 11.4. The maximum absolute atomic E-state index is 12.0. The number of aryl methyl sites for hydroxylation is 2. The summed E-state index contributed by atoms with van der Waals surface area (Å²) in [5.41, 5.74) is 5.04. The lowest BCUT2D eigenvalue weighted by molar-refractivity contribution is -0.128. The molecule has 0 aliphatic carbocycles. The number of methoxy groups -OCH3 is 1. The van der Waals surface area contributed by atoms with Crippen LogP contribution in [0, 0.1) is 13.8 Å². The Balaban J connectivity index is 1.87. The molecule has 7 nitrogen and oxygen atoms in total. The van der Waals surface area contributed by atoms with Crippen LogP contribution in [0.15, 0.2) is 34.7 Å². The summed E-state index contributed by atoms with van der Waals surface area (Å²) in [6.07, 6.45) is -0.786. The first kappa shape index (κ1) is 17.4. The molecule has 0 aliphatic heterocycles. The number of nitrogens with one attached hydrogen (secondary N) is 2. The topological polar surface area (TPSA) is 89.8 Å². The number of ether oxygens (including phenoxy) is 2. The van der Waals surface area contributed by atoms with E-state index in [0.29, 0.717) is 28.6 Å². The first-order valence-corrected chi connectivity index (χ1v) is 7.38. The average Bonchev–Trinajstić information content (AvgIpc) is 2.91. The van der Waals surface area contributed by atoms with Crippen molar-refractivity contribution in [3.8, 4) is 11.5 Å². The van der Waals surface area contributed by atoms with Crippen molar-refractivity contribution in [3.05, 3.63) is 47.4 Å². The Morgan fingerprint density at radius 3 is 2.25 bits per heavy atom. The van der Waals surface area contributed by atoms with Crippen LogP contribution in [-0.4, -0.2) is 25.0 Å². The highest BCUT2D eigenvalue weighted by atomic mass is 16.5. The fourth-order valence-electron chi connectivity index (χ4n) is 2.06. The number of amides is 2. The van der Waals surface area contributed by atoms with Crippen LogP contribution in [-0.2, 0) is 4.79 Å². The summed E-state index contributed by atoms with van der Waals surface area (Å²) < 4.78 is 15.8. The Kier molecular flexibility index (Phi) is 5.47. The maximum Gasteiger partial charge on any atom is 0.279 e. The van der Waals surface area contributed by atoms with Crippen LogP contribution in [0.25, 0.3) is 0 Å². The summed E-state index contributed by atoms with van der Waals surface area (Å²) in [5, 5.41) is 0. The highest BCUT2D eigenvalue weighted by Crippen LogP contribution is 2.18. The van der Waals surface area contributed by atoms with E-state index in [1.54, 1.807) is 58.2 Å². The molecule has 24 heavy (non-hydrogen) atoms. The minimum atomic E-state index is -0.786. The van der Waals surface area contributed by atoms with Crippen LogP contribution in [0.4, 0.5) is 0 Å². The molecule has 1 atom stereocenters. The van der Waals surface area contributed by atoms with Crippen LogP contribution in [0.3, 0.4) is 0 Å². The van der Waals surface area contributed by atoms with Gasteiger partial charge in [0.2, 0.25) is 0 Å². The molecule has 128 valence electrons. The Bertz CT molecular complexity index is 721. The van der Waals surface area contributed by atoms with Crippen molar-refractivity contribution in [3.63, 3.8) is 0 Å². The van der Waals surface area contributed by atoms with Crippen LogP contribution < -0.4 is 20.3 Å². The number of furan rings is 1. The van der Waals surface area contributed by atoms with Gasteiger partial charge < -0.3 is 13.9 Å². The third kappa shape index (κ3) is 4.28. The zero-order valence-electron chi connectivity index (χ0n) is 14.0. The van der Waals surface area contributed by atoms with E-state index in [-0.39, 0.29) is 0 Å². The number of benzene rings is 1. The lowest BCUT2D eigenvalue weighted by Crippen LogP contribution is -2.47. The molecule has 1 heterocycles. The molecule has 2 aromatic rings. The second kappa shape index (κ2) is 7.54. The van der Waals surface area contributed by atoms with Crippen LogP contribution in [0.1, 0.15) is 28.8 Å². The molecular formula is C17H20N2O5. The van der Waals surface area contributed by atoms with Gasteiger partial charge in [-0.2, -0.15) is 0 Å². The summed E-state index contributed by atoms with van der Waals surface area (Å²) in [4.78, 5) is 24.0. The van der Waals surface area contributed by atoms with Crippen molar-refractivity contribution in [1.82, 2.24) is 10.9 Å². The normalized spacial score (nSPS) is 11.5. The molecule has 0 saturated heterocycles. The fraction of sp³-hybridized carbons (Fsp3) is 0.294. The van der Waals surface area contributed by atoms with E-state index in [4.69, 9.17) is 13.9 Å². The molecule has 0 aliphatic rings. The summed E-state index contributed by atoms with van der Waals surface area (Å²) >= 11 is 0. The molecule has 0 radical (unpaired) electrons. The van der Waals surface area contributed by atoms with E-state index in [2.05, 4.69) is 10.9 Å². The van der Waals surface area contributed by atoms with E-state index >= 15 is 0 Å². The van der Waals surface area contributed by atoms with Crippen LogP contribution in [0.5, 0.6) is 11.5 Å². The number of rotatable bonds is 5. The molecule has 1 aromatic carbocycles. The zero-order valence-corrected chi connectivity index (χ0v) is 14.0. The Morgan fingerprint density at radius 2 is 1.71 bits per heavy atom. The van der Waals surface area contributed by atoms with Gasteiger partial charge in [0.15, 0.2) is 6.10 Å². The van der Waals surface area contributed by atoms with Crippen molar-refractivity contribution >= 4 is 11.8 Å². The van der Waals surface area contributed by atoms with Gasteiger partial charge >= 0.3 is 0 Å². The molecule has 2 rings (SSSR count). The van der Waals surface area contributed by atoms with E-state index in [9.17, 15) is 9.59 Å². The van der Waals surface area contributed by atoms with Crippen molar-refractivity contribution in [2.24, 2.45) is 0 Å². The number of hydrogen-bond donors (Lipinski definition) is 2. The molecule has 2 N–H and O–H groups in total. The Hall–Kier alpha value is -2.96. The molecule has 0 fully saturated rings. The van der Waals surface area contributed by atoms with Crippen molar-refractivity contribution in [2.75, 3.05) is 7.11 Å². The van der Waals surface area contributed by atoms with Gasteiger partial charge in [0.05, 0.1) is 12.7 Å². The second-order valence-corrected chi connectivity index (χ2v) is 5.21. The number of carbonyl (C=O) groups is 2. The number of hydrazine groups is 1. The van der Waals surface area contributed by atoms with E-state index < -0.39 is 17.9 Å². The lowest BCUT2D eigenvalue weighted by atomic mass is 10.2. The van der Waals surface area contributed by atoms with Gasteiger partial charge in [-0.25, -0.2) is 0 Å². The fourth-order valence-corrected chi connectivity index (χ4v) is 2.06. The Morgan fingerprint density at radius 1 is 1.08 bits per heavy atom. The third-order valence-electron chi connectivity index (χ3n) is 3.33. The van der Waals surface area contributed by atoms with E-state index in [1.165, 1.54) is 0 Å². The predicted octanol–water partition coefficient (Wildman–Crippen LogP) is 2.13.